The lowest BCUT2D eigenvalue weighted by Crippen LogP contribution is -2.43. The van der Waals surface area contributed by atoms with Crippen LogP contribution in [0.25, 0.3) is 11.2 Å². The Morgan fingerprint density at radius 2 is 1.91 bits per heavy atom. The van der Waals surface area contributed by atoms with Gasteiger partial charge in [0.1, 0.15) is 5.82 Å². The van der Waals surface area contributed by atoms with E-state index in [4.69, 9.17) is 0 Å². The predicted octanol–water partition coefficient (Wildman–Crippen LogP) is 0.496. The molecule has 0 aliphatic carbocycles. The molecule has 0 radical (unpaired) electrons. The van der Waals surface area contributed by atoms with Crippen LogP contribution in [-0.2, 0) is 19.5 Å². The third kappa shape index (κ3) is 2.03. The number of imidazole rings is 1. The van der Waals surface area contributed by atoms with Crippen molar-refractivity contribution in [1.82, 2.24) is 24.0 Å². The Balaban J connectivity index is 2.42. The van der Waals surface area contributed by atoms with E-state index < -0.39 is 0 Å². The Bertz CT molecular complexity index is 808. The second-order valence-electron chi connectivity index (χ2n) is 5.65. The number of hydrogen-bond acceptors (Lipinski definition) is 4. The summed E-state index contributed by atoms with van der Waals surface area (Å²) >= 11 is 0. The fourth-order valence-corrected chi connectivity index (χ4v) is 3.38. The van der Waals surface area contributed by atoms with Crippen LogP contribution in [0.4, 0.5) is 0 Å². The van der Waals surface area contributed by atoms with Crippen LogP contribution in [-0.4, -0.2) is 31.8 Å². The van der Waals surface area contributed by atoms with E-state index in [-0.39, 0.29) is 17.3 Å². The highest BCUT2D eigenvalue weighted by atomic mass is 16.2. The van der Waals surface area contributed by atoms with Gasteiger partial charge in [-0.25, -0.2) is 9.78 Å². The predicted molar refractivity (Wildman–Crippen MR) is 85.5 cm³/mol. The molecule has 1 fully saturated rings. The molecule has 1 unspecified atom stereocenters. The normalized spacial score (nSPS) is 18.4. The number of nitrogens with one attached hydrogen (secondary N) is 1. The molecular weight excluding hydrogens is 282 g/mol. The van der Waals surface area contributed by atoms with Crippen molar-refractivity contribution in [2.75, 3.05) is 13.1 Å². The molecular formula is C15H23N5O2. The summed E-state index contributed by atoms with van der Waals surface area (Å²) in [6, 6.07) is -0.0625. The van der Waals surface area contributed by atoms with Gasteiger partial charge in [-0.15, -0.1) is 0 Å². The number of aromatic nitrogens is 4. The van der Waals surface area contributed by atoms with Gasteiger partial charge in [0.15, 0.2) is 11.2 Å². The highest BCUT2D eigenvalue weighted by Gasteiger charge is 2.25. The summed E-state index contributed by atoms with van der Waals surface area (Å²) in [6.07, 6.45) is 1.55. The van der Waals surface area contributed by atoms with Crippen molar-refractivity contribution < 1.29 is 0 Å². The first-order chi connectivity index (χ1) is 10.6. The van der Waals surface area contributed by atoms with Crippen LogP contribution in [0.15, 0.2) is 9.59 Å². The minimum atomic E-state index is -0.239. The number of aryl methyl sites for hydroxylation is 3. The first kappa shape index (κ1) is 15.0. The third-order valence-electron chi connectivity index (χ3n) is 4.49. The topological polar surface area (TPSA) is 73.8 Å². The second kappa shape index (κ2) is 5.72. The second-order valence-corrected chi connectivity index (χ2v) is 5.65. The first-order valence-corrected chi connectivity index (χ1v) is 8.09. The van der Waals surface area contributed by atoms with Crippen LogP contribution < -0.4 is 16.6 Å². The fraction of sp³-hybridized carbons (Fsp3) is 0.667. The number of fused-ring (bicyclic) bond motifs is 1. The Morgan fingerprint density at radius 3 is 2.45 bits per heavy atom. The molecule has 22 heavy (non-hydrogen) atoms. The van der Waals surface area contributed by atoms with Gasteiger partial charge >= 0.3 is 5.69 Å². The summed E-state index contributed by atoms with van der Waals surface area (Å²) in [4.78, 5) is 30.3. The van der Waals surface area contributed by atoms with Crippen molar-refractivity contribution >= 4 is 11.2 Å². The monoisotopic (exact) mass is 305 g/mol. The van der Waals surface area contributed by atoms with Crippen LogP contribution in [0.3, 0.4) is 0 Å². The van der Waals surface area contributed by atoms with Crippen molar-refractivity contribution in [3.63, 3.8) is 0 Å². The molecule has 2 aromatic rings. The molecule has 120 valence electrons. The average Bonchev–Trinajstić information content (AvgIpc) is 3.14. The van der Waals surface area contributed by atoms with Crippen LogP contribution in [0, 0.1) is 0 Å². The van der Waals surface area contributed by atoms with E-state index in [1.54, 1.807) is 4.57 Å². The van der Waals surface area contributed by atoms with Gasteiger partial charge in [-0.05, 0) is 26.8 Å². The Labute approximate surface area is 128 Å². The van der Waals surface area contributed by atoms with Crippen molar-refractivity contribution in [1.29, 1.82) is 0 Å². The maximum atomic E-state index is 13.0. The van der Waals surface area contributed by atoms with Crippen molar-refractivity contribution in [3.05, 3.63) is 26.7 Å². The van der Waals surface area contributed by atoms with E-state index in [1.807, 2.05) is 25.3 Å². The lowest BCUT2D eigenvalue weighted by Gasteiger charge is -2.15. The number of hydrogen-bond donors (Lipinski definition) is 1. The molecule has 0 amide bonds. The van der Waals surface area contributed by atoms with Gasteiger partial charge in [0.05, 0.1) is 6.04 Å². The minimum Gasteiger partial charge on any atom is -0.322 e. The van der Waals surface area contributed by atoms with E-state index in [2.05, 4.69) is 10.3 Å². The zero-order valence-electron chi connectivity index (χ0n) is 13.4. The summed E-state index contributed by atoms with van der Waals surface area (Å²) in [5.74, 6) is 0.860. The molecule has 2 aromatic heterocycles. The summed E-state index contributed by atoms with van der Waals surface area (Å²) in [6.45, 7) is 8.64. The lowest BCUT2D eigenvalue weighted by molar-refractivity contribution is 0.482. The van der Waals surface area contributed by atoms with Gasteiger partial charge < -0.3 is 9.88 Å². The van der Waals surface area contributed by atoms with Crippen molar-refractivity contribution in [2.45, 2.75) is 52.7 Å². The molecule has 7 heteroatoms. The zero-order valence-corrected chi connectivity index (χ0v) is 13.4. The maximum absolute atomic E-state index is 13.0. The minimum absolute atomic E-state index is 0.0625. The van der Waals surface area contributed by atoms with Gasteiger partial charge in [-0.3, -0.25) is 13.9 Å². The molecule has 1 atom stereocenters. The molecule has 3 heterocycles. The summed E-state index contributed by atoms with van der Waals surface area (Å²) in [5.41, 5.74) is 0.649. The Kier molecular flexibility index (Phi) is 3.90. The van der Waals surface area contributed by atoms with E-state index in [9.17, 15) is 9.59 Å². The maximum Gasteiger partial charge on any atom is 0.333 e. The highest BCUT2D eigenvalue weighted by molar-refractivity contribution is 5.71. The molecule has 1 N–H and O–H groups in total. The average molecular weight is 305 g/mol. The van der Waals surface area contributed by atoms with Crippen LogP contribution in [0.2, 0.25) is 0 Å². The SMILES string of the molecule is CCc1nc2c(c(=O)n(C3CCNC3)c(=O)n2CC)n1CC. The summed E-state index contributed by atoms with van der Waals surface area (Å²) in [7, 11) is 0. The fourth-order valence-electron chi connectivity index (χ4n) is 3.38. The molecule has 7 nitrogen and oxygen atoms in total. The van der Waals surface area contributed by atoms with Gasteiger partial charge in [0.25, 0.3) is 5.56 Å². The molecule has 1 saturated heterocycles. The van der Waals surface area contributed by atoms with Crippen molar-refractivity contribution in [2.24, 2.45) is 0 Å². The van der Waals surface area contributed by atoms with E-state index in [1.165, 1.54) is 4.57 Å². The Morgan fingerprint density at radius 1 is 1.18 bits per heavy atom. The van der Waals surface area contributed by atoms with E-state index >= 15 is 0 Å². The summed E-state index contributed by atoms with van der Waals surface area (Å²) < 4.78 is 5.00. The van der Waals surface area contributed by atoms with Crippen LogP contribution >= 0.6 is 0 Å². The number of rotatable bonds is 4. The first-order valence-electron chi connectivity index (χ1n) is 8.09. The van der Waals surface area contributed by atoms with E-state index in [0.29, 0.717) is 30.8 Å². The molecule has 1 aliphatic rings. The smallest absolute Gasteiger partial charge is 0.322 e. The Hall–Kier alpha value is -1.89. The van der Waals surface area contributed by atoms with Crippen LogP contribution in [0.5, 0.6) is 0 Å². The zero-order chi connectivity index (χ0) is 15.9. The highest BCUT2D eigenvalue weighted by Crippen LogP contribution is 2.15. The van der Waals surface area contributed by atoms with Gasteiger partial charge in [-0.1, -0.05) is 6.92 Å². The molecule has 0 saturated carbocycles. The number of nitrogens with zero attached hydrogens (tertiary/aromatic N) is 4. The lowest BCUT2D eigenvalue weighted by atomic mass is 10.2. The molecule has 0 bridgehead atoms. The molecule has 0 spiro atoms. The third-order valence-corrected chi connectivity index (χ3v) is 4.49. The van der Waals surface area contributed by atoms with Gasteiger partial charge in [-0.2, -0.15) is 0 Å². The quantitative estimate of drug-likeness (QED) is 0.892. The standard InChI is InChI=1S/C15H23N5O2/c1-4-11-17-13-12(18(11)5-2)14(21)20(10-7-8-16-9-10)15(22)19(13)6-3/h10,16H,4-9H2,1-3H3. The van der Waals surface area contributed by atoms with Crippen LogP contribution in [0.1, 0.15) is 39.1 Å². The van der Waals surface area contributed by atoms with Crippen molar-refractivity contribution in [3.8, 4) is 0 Å². The summed E-state index contributed by atoms with van der Waals surface area (Å²) in [5, 5.41) is 3.23. The van der Waals surface area contributed by atoms with Gasteiger partial charge in [0.2, 0.25) is 0 Å². The van der Waals surface area contributed by atoms with Gasteiger partial charge in [0, 0.05) is 26.1 Å². The molecule has 3 rings (SSSR count). The van der Waals surface area contributed by atoms with E-state index in [0.717, 1.165) is 25.2 Å². The molecule has 0 aromatic carbocycles. The molecule has 1 aliphatic heterocycles. The largest absolute Gasteiger partial charge is 0.333 e.